The van der Waals surface area contributed by atoms with Crippen molar-refractivity contribution in [1.82, 2.24) is 5.32 Å². The molecule has 1 aliphatic carbocycles. The summed E-state index contributed by atoms with van der Waals surface area (Å²) in [6.07, 6.45) is 5.15. The minimum absolute atomic E-state index is 0. The smallest absolute Gasteiger partial charge is 0.0144 e. The van der Waals surface area contributed by atoms with Crippen LogP contribution in [0.3, 0.4) is 0 Å². The van der Waals surface area contributed by atoms with Crippen molar-refractivity contribution in [2.75, 3.05) is 6.54 Å². The molecule has 0 amide bonds. The van der Waals surface area contributed by atoms with Crippen molar-refractivity contribution in [3.05, 3.63) is 35.4 Å². The summed E-state index contributed by atoms with van der Waals surface area (Å²) in [5, 5.41) is 3.75. The fourth-order valence-electron chi connectivity index (χ4n) is 4.47. The first-order valence-corrected chi connectivity index (χ1v) is 7.13. The van der Waals surface area contributed by atoms with Gasteiger partial charge in [-0.1, -0.05) is 44.5 Å². The van der Waals surface area contributed by atoms with Gasteiger partial charge in [0.2, 0.25) is 0 Å². The third-order valence-electron chi connectivity index (χ3n) is 5.24. The van der Waals surface area contributed by atoms with E-state index in [4.69, 9.17) is 0 Å². The summed E-state index contributed by atoms with van der Waals surface area (Å²) < 4.78 is 0. The highest BCUT2D eigenvalue weighted by molar-refractivity contribution is 5.85. The molecule has 3 atom stereocenters. The largest absolute Gasteiger partial charge is 0.313 e. The van der Waals surface area contributed by atoms with Crippen LogP contribution in [0, 0.1) is 5.92 Å². The monoisotopic (exact) mass is 265 g/mol. The summed E-state index contributed by atoms with van der Waals surface area (Å²) in [7, 11) is 0. The molecule has 1 saturated heterocycles. The molecule has 18 heavy (non-hydrogen) atoms. The third kappa shape index (κ3) is 1.80. The van der Waals surface area contributed by atoms with E-state index in [9.17, 15) is 0 Å². The molecular formula is C16H24ClN. The van der Waals surface area contributed by atoms with E-state index in [1.807, 2.05) is 0 Å². The van der Waals surface area contributed by atoms with Gasteiger partial charge < -0.3 is 5.32 Å². The van der Waals surface area contributed by atoms with E-state index in [1.54, 1.807) is 11.1 Å². The Morgan fingerprint density at radius 3 is 2.78 bits per heavy atom. The van der Waals surface area contributed by atoms with Gasteiger partial charge in [-0.05, 0) is 42.9 Å². The first-order chi connectivity index (χ1) is 8.31. The van der Waals surface area contributed by atoms with E-state index >= 15 is 0 Å². The Kier molecular flexibility index (Phi) is 4.03. The Morgan fingerprint density at radius 1 is 1.28 bits per heavy atom. The number of nitrogens with one attached hydrogen (secondary N) is 1. The van der Waals surface area contributed by atoms with Gasteiger partial charge in [-0.2, -0.15) is 0 Å². The van der Waals surface area contributed by atoms with E-state index in [0.29, 0.717) is 11.5 Å². The molecular weight excluding hydrogens is 242 g/mol. The van der Waals surface area contributed by atoms with E-state index in [1.165, 1.54) is 32.2 Å². The average Bonchev–Trinajstić information content (AvgIpc) is 2.38. The van der Waals surface area contributed by atoms with E-state index in [0.717, 1.165) is 5.92 Å². The highest BCUT2D eigenvalue weighted by atomic mass is 35.5. The van der Waals surface area contributed by atoms with Gasteiger partial charge in [0.25, 0.3) is 0 Å². The summed E-state index contributed by atoms with van der Waals surface area (Å²) in [6.45, 7) is 5.94. The van der Waals surface area contributed by atoms with Crippen molar-refractivity contribution in [1.29, 1.82) is 0 Å². The lowest BCUT2D eigenvalue weighted by atomic mass is 9.56. The minimum atomic E-state index is 0. The van der Waals surface area contributed by atoms with Crippen molar-refractivity contribution in [3.8, 4) is 0 Å². The van der Waals surface area contributed by atoms with Crippen molar-refractivity contribution >= 4 is 12.4 Å². The zero-order valence-electron chi connectivity index (χ0n) is 11.4. The zero-order valence-corrected chi connectivity index (χ0v) is 12.2. The van der Waals surface area contributed by atoms with Crippen LogP contribution in [-0.4, -0.2) is 12.6 Å². The Bertz CT molecular complexity index is 417. The molecule has 1 fully saturated rings. The first kappa shape index (κ1) is 13.9. The van der Waals surface area contributed by atoms with Gasteiger partial charge >= 0.3 is 0 Å². The van der Waals surface area contributed by atoms with Crippen LogP contribution in [0.4, 0.5) is 0 Å². The quantitative estimate of drug-likeness (QED) is 0.860. The molecule has 1 aromatic rings. The number of hydrogen-bond acceptors (Lipinski definition) is 1. The molecule has 1 aromatic carbocycles. The average molecular weight is 266 g/mol. The van der Waals surface area contributed by atoms with Crippen molar-refractivity contribution in [2.24, 2.45) is 5.92 Å². The second kappa shape index (κ2) is 5.22. The molecule has 1 aliphatic heterocycles. The zero-order chi connectivity index (χ0) is 11.9. The van der Waals surface area contributed by atoms with Crippen molar-refractivity contribution < 1.29 is 0 Å². The lowest BCUT2D eigenvalue weighted by Crippen LogP contribution is -2.58. The van der Waals surface area contributed by atoms with Crippen LogP contribution in [0.25, 0.3) is 0 Å². The van der Waals surface area contributed by atoms with Crippen LogP contribution in [0.15, 0.2) is 24.3 Å². The highest BCUT2D eigenvalue weighted by Gasteiger charge is 2.48. The summed E-state index contributed by atoms with van der Waals surface area (Å²) >= 11 is 0. The van der Waals surface area contributed by atoms with Gasteiger partial charge in [-0.25, -0.2) is 0 Å². The molecule has 2 aliphatic rings. The van der Waals surface area contributed by atoms with Gasteiger partial charge in [0.15, 0.2) is 0 Å². The molecule has 1 N–H and O–H groups in total. The maximum Gasteiger partial charge on any atom is 0.0144 e. The fraction of sp³-hybridized carbons (Fsp3) is 0.625. The standard InChI is InChI=1S/C16H23N.ClH/c1-3-13-15-11-12-7-5-6-8-14(12)16(13,4-2)9-10-17-15;/h5-8,13,15,17H,3-4,9-11H2,1-2H3;1H/t13?,15-,16-;/m0./s1. The maximum absolute atomic E-state index is 3.75. The second-order valence-corrected chi connectivity index (χ2v) is 5.70. The number of halogens is 1. The predicted molar refractivity (Wildman–Crippen MR) is 79.6 cm³/mol. The SMILES string of the molecule is CCC1[C@@H]2Cc3ccccc3[C@@]1(CC)CCN2.Cl. The molecule has 0 saturated carbocycles. The van der Waals surface area contributed by atoms with Gasteiger partial charge in [0.1, 0.15) is 0 Å². The lowest BCUT2D eigenvalue weighted by Gasteiger charge is -2.53. The molecule has 1 nitrogen and oxygen atoms in total. The van der Waals surface area contributed by atoms with E-state index in [-0.39, 0.29) is 12.4 Å². The molecule has 2 bridgehead atoms. The Hall–Kier alpha value is -0.530. The topological polar surface area (TPSA) is 12.0 Å². The van der Waals surface area contributed by atoms with E-state index < -0.39 is 0 Å². The van der Waals surface area contributed by atoms with Gasteiger partial charge in [-0.15, -0.1) is 12.4 Å². The summed E-state index contributed by atoms with van der Waals surface area (Å²) in [5.41, 5.74) is 3.71. The van der Waals surface area contributed by atoms with Crippen molar-refractivity contribution in [3.63, 3.8) is 0 Å². The highest BCUT2D eigenvalue weighted by Crippen LogP contribution is 2.49. The molecule has 1 unspecified atom stereocenters. The van der Waals surface area contributed by atoms with Gasteiger partial charge in [0.05, 0.1) is 0 Å². The molecule has 1 heterocycles. The van der Waals surface area contributed by atoms with Crippen LogP contribution in [0.2, 0.25) is 0 Å². The number of rotatable bonds is 2. The number of benzene rings is 1. The lowest BCUT2D eigenvalue weighted by molar-refractivity contribution is 0.118. The summed E-state index contributed by atoms with van der Waals surface area (Å²) in [6, 6.07) is 9.87. The van der Waals surface area contributed by atoms with E-state index in [2.05, 4.69) is 43.4 Å². The second-order valence-electron chi connectivity index (χ2n) is 5.70. The van der Waals surface area contributed by atoms with Crippen LogP contribution in [-0.2, 0) is 11.8 Å². The Labute approximate surface area is 117 Å². The number of fused-ring (bicyclic) bond motifs is 4. The molecule has 2 heteroatoms. The Morgan fingerprint density at radius 2 is 2.06 bits per heavy atom. The first-order valence-electron chi connectivity index (χ1n) is 7.13. The maximum atomic E-state index is 3.75. The van der Waals surface area contributed by atoms with Crippen molar-refractivity contribution in [2.45, 2.75) is 51.0 Å². The van der Waals surface area contributed by atoms with Crippen LogP contribution < -0.4 is 5.32 Å². The van der Waals surface area contributed by atoms with Gasteiger partial charge in [-0.3, -0.25) is 0 Å². The minimum Gasteiger partial charge on any atom is -0.313 e. The molecule has 100 valence electrons. The molecule has 3 rings (SSSR count). The molecule has 0 radical (unpaired) electrons. The number of hydrogen-bond donors (Lipinski definition) is 1. The predicted octanol–water partition coefficient (Wildman–Crippen LogP) is 3.70. The van der Waals surface area contributed by atoms with Crippen LogP contribution in [0.1, 0.15) is 44.2 Å². The molecule has 0 spiro atoms. The van der Waals surface area contributed by atoms with Crippen LogP contribution >= 0.6 is 12.4 Å². The summed E-state index contributed by atoms with van der Waals surface area (Å²) in [5.74, 6) is 0.830. The summed E-state index contributed by atoms with van der Waals surface area (Å²) in [4.78, 5) is 0. The normalized spacial score (nSPS) is 33.4. The van der Waals surface area contributed by atoms with Gasteiger partial charge in [0, 0.05) is 11.5 Å². The third-order valence-corrected chi connectivity index (χ3v) is 5.24. The number of piperidine rings is 1. The fourth-order valence-corrected chi connectivity index (χ4v) is 4.47. The Balaban J connectivity index is 0.00000120. The van der Waals surface area contributed by atoms with Crippen LogP contribution in [0.5, 0.6) is 0 Å². The molecule has 0 aromatic heterocycles.